The molecule has 0 fully saturated rings. The lowest BCUT2D eigenvalue weighted by Crippen LogP contribution is -2.15. The van der Waals surface area contributed by atoms with Gasteiger partial charge in [-0.25, -0.2) is 4.79 Å². The molecule has 0 spiro atoms. The van der Waals surface area contributed by atoms with Gasteiger partial charge in [-0.1, -0.05) is 25.1 Å². The first kappa shape index (κ1) is 9.71. The molecule has 15 heavy (non-hydrogen) atoms. The lowest BCUT2D eigenvalue weighted by molar-refractivity contribution is 0.479. The van der Waals surface area contributed by atoms with E-state index in [1.807, 2.05) is 37.3 Å². The highest BCUT2D eigenvalue weighted by molar-refractivity contribution is 5.51. The third kappa shape index (κ3) is 1.98. The van der Waals surface area contributed by atoms with Gasteiger partial charge in [-0.3, -0.25) is 0 Å². The first-order valence-electron chi connectivity index (χ1n) is 4.94. The van der Waals surface area contributed by atoms with Crippen molar-refractivity contribution in [1.82, 2.24) is 9.78 Å². The molecule has 0 aliphatic rings. The van der Waals surface area contributed by atoms with Crippen molar-refractivity contribution >= 4 is 0 Å². The Morgan fingerprint density at radius 1 is 1.33 bits per heavy atom. The van der Waals surface area contributed by atoms with Crippen molar-refractivity contribution in [2.75, 3.05) is 0 Å². The Morgan fingerprint density at radius 3 is 2.73 bits per heavy atom. The van der Waals surface area contributed by atoms with Crippen LogP contribution in [0.4, 0.5) is 0 Å². The van der Waals surface area contributed by atoms with Crippen molar-refractivity contribution in [2.45, 2.75) is 19.9 Å². The Morgan fingerprint density at radius 2 is 2.07 bits per heavy atom. The minimum absolute atomic E-state index is 0.383. The van der Waals surface area contributed by atoms with Crippen LogP contribution in [0.25, 0.3) is 11.5 Å². The van der Waals surface area contributed by atoms with E-state index >= 15 is 0 Å². The molecule has 1 aromatic carbocycles. The number of hydrogen-bond donors (Lipinski definition) is 0. The maximum atomic E-state index is 11.3. The summed E-state index contributed by atoms with van der Waals surface area (Å²) in [6.45, 7) is 2.58. The maximum absolute atomic E-state index is 11.3. The second-order valence-corrected chi connectivity index (χ2v) is 3.26. The lowest BCUT2D eigenvalue weighted by Gasteiger charge is -1.92. The average molecular weight is 204 g/mol. The number of aromatic nitrogens is 2. The monoisotopic (exact) mass is 204 g/mol. The zero-order chi connectivity index (χ0) is 10.7. The van der Waals surface area contributed by atoms with Crippen LogP contribution in [0.3, 0.4) is 0 Å². The third-order valence-corrected chi connectivity index (χ3v) is 2.06. The van der Waals surface area contributed by atoms with Gasteiger partial charge in [0.25, 0.3) is 0 Å². The summed E-state index contributed by atoms with van der Waals surface area (Å²) in [5.41, 5.74) is 0.824. The number of rotatable bonds is 3. The van der Waals surface area contributed by atoms with E-state index in [-0.39, 0.29) is 0 Å². The molecular formula is C11H12N2O2. The summed E-state index contributed by atoms with van der Waals surface area (Å²) in [5.74, 6) is -0.00949. The van der Waals surface area contributed by atoms with Crippen molar-refractivity contribution in [3.63, 3.8) is 0 Å². The van der Waals surface area contributed by atoms with Crippen LogP contribution < -0.4 is 5.76 Å². The fourth-order valence-electron chi connectivity index (χ4n) is 1.36. The number of aryl methyl sites for hydroxylation is 1. The van der Waals surface area contributed by atoms with Gasteiger partial charge in [-0.15, -0.1) is 5.10 Å². The smallest absolute Gasteiger partial charge is 0.388 e. The topological polar surface area (TPSA) is 48.0 Å². The largest absolute Gasteiger partial charge is 0.437 e. The zero-order valence-corrected chi connectivity index (χ0v) is 8.51. The maximum Gasteiger partial charge on any atom is 0.437 e. The molecule has 0 aliphatic carbocycles. The van der Waals surface area contributed by atoms with Crippen LogP contribution in [0.5, 0.6) is 0 Å². The van der Waals surface area contributed by atoms with Crippen molar-refractivity contribution in [1.29, 1.82) is 0 Å². The van der Waals surface area contributed by atoms with E-state index in [9.17, 15) is 4.79 Å². The van der Waals surface area contributed by atoms with Crippen LogP contribution >= 0.6 is 0 Å². The minimum atomic E-state index is -0.393. The SMILES string of the molecule is CCCn1nc(-c2ccccc2)oc1=O. The molecule has 0 N–H and O–H groups in total. The highest BCUT2D eigenvalue weighted by Gasteiger charge is 2.08. The molecule has 1 aromatic heterocycles. The van der Waals surface area contributed by atoms with E-state index in [1.165, 1.54) is 4.68 Å². The van der Waals surface area contributed by atoms with Crippen LogP contribution in [0, 0.1) is 0 Å². The molecule has 2 aromatic rings. The Bertz CT molecular complexity index is 485. The first-order chi connectivity index (χ1) is 7.31. The number of hydrogen-bond acceptors (Lipinski definition) is 3. The van der Waals surface area contributed by atoms with Crippen LogP contribution in [0.1, 0.15) is 13.3 Å². The molecule has 0 radical (unpaired) electrons. The van der Waals surface area contributed by atoms with E-state index in [0.717, 1.165) is 12.0 Å². The highest BCUT2D eigenvalue weighted by atomic mass is 16.4. The molecular weight excluding hydrogens is 192 g/mol. The average Bonchev–Trinajstić information content (AvgIpc) is 2.63. The van der Waals surface area contributed by atoms with Crippen LogP contribution in [-0.4, -0.2) is 9.78 Å². The standard InChI is InChI=1S/C11H12N2O2/c1-2-8-13-11(14)15-10(12-13)9-6-4-3-5-7-9/h3-7H,2,8H2,1H3. The number of nitrogens with zero attached hydrogens (tertiary/aromatic N) is 2. The Labute approximate surface area is 87.2 Å². The molecule has 0 bridgehead atoms. The molecule has 4 heteroatoms. The normalized spacial score (nSPS) is 10.5. The van der Waals surface area contributed by atoms with Gasteiger partial charge >= 0.3 is 5.76 Å². The van der Waals surface area contributed by atoms with E-state index < -0.39 is 5.76 Å². The predicted molar refractivity (Wildman–Crippen MR) is 56.5 cm³/mol. The van der Waals surface area contributed by atoms with E-state index in [1.54, 1.807) is 0 Å². The predicted octanol–water partition coefficient (Wildman–Crippen LogP) is 1.91. The molecule has 4 nitrogen and oxygen atoms in total. The van der Waals surface area contributed by atoms with Crippen molar-refractivity contribution in [3.8, 4) is 11.5 Å². The summed E-state index contributed by atoms with van der Waals surface area (Å²) in [7, 11) is 0. The second kappa shape index (κ2) is 4.13. The molecule has 2 rings (SSSR count). The summed E-state index contributed by atoms with van der Waals surface area (Å²) in [5, 5.41) is 4.11. The summed E-state index contributed by atoms with van der Waals surface area (Å²) < 4.78 is 6.40. The van der Waals surface area contributed by atoms with Crippen molar-refractivity contribution in [2.24, 2.45) is 0 Å². The Balaban J connectivity index is 2.39. The van der Waals surface area contributed by atoms with Crippen molar-refractivity contribution in [3.05, 3.63) is 40.9 Å². The van der Waals surface area contributed by atoms with E-state index in [2.05, 4.69) is 5.10 Å². The van der Waals surface area contributed by atoms with E-state index in [0.29, 0.717) is 12.4 Å². The summed E-state index contributed by atoms with van der Waals surface area (Å²) in [6, 6.07) is 9.40. The van der Waals surface area contributed by atoms with Gasteiger partial charge in [-0.2, -0.15) is 4.68 Å². The van der Waals surface area contributed by atoms with Gasteiger partial charge < -0.3 is 4.42 Å². The Kier molecular flexibility index (Phi) is 2.67. The number of benzene rings is 1. The van der Waals surface area contributed by atoms with E-state index in [4.69, 9.17) is 4.42 Å². The molecule has 0 unspecified atom stereocenters. The molecule has 1 heterocycles. The second-order valence-electron chi connectivity index (χ2n) is 3.26. The molecule has 0 saturated heterocycles. The van der Waals surface area contributed by atoms with Gasteiger partial charge in [0.2, 0.25) is 5.89 Å². The van der Waals surface area contributed by atoms with Crippen LogP contribution in [0.2, 0.25) is 0 Å². The molecule has 78 valence electrons. The fourth-order valence-corrected chi connectivity index (χ4v) is 1.36. The highest BCUT2D eigenvalue weighted by Crippen LogP contribution is 2.13. The van der Waals surface area contributed by atoms with Gasteiger partial charge in [0.15, 0.2) is 0 Å². The van der Waals surface area contributed by atoms with Gasteiger partial charge in [0, 0.05) is 12.1 Å². The molecule has 0 amide bonds. The Hall–Kier alpha value is -1.84. The lowest BCUT2D eigenvalue weighted by atomic mass is 10.2. The van der Waals surface area contributed by atoms with Gasteiger partial charge in [0.05, 0.1) is 0 Å². The van der Waals surface area contributed by atoms with Crippen LogP contribution in [-0.2, 0) is 6.54 Å². The quantitative estimate of drug-likeness (QED) is 0.767. The van der Waals surface area contributed by atoms with Gasteiger partial charge in [-0.05, 0) is 18.6 Å². The third-order valence-electron chi connectivity index (χ3n) is 2.06. The molecule has 0 saturated carbocycles. The molecule has 0 atom stereocenters. The van der Waals surface area contributed by atoms with Gasteiger partial charge in [0.1, 0.15) is 0 Å². The summed E-state index contributed by atoms with van der Waals surface area (Å²) >= 11 is 0. The summed E-state index contributed by atoms with van der Waals surface area (Å²) in [6.07, 6.45) is 0.862. The minimum Gasteiger partial charge on any atom is -0.388 e. The first-order valence-corrected chi connectivity index (χ1v) is 4.94. The van der Waals surface area contributed by atoms with Crippen molar-refractivity contribution < 1.29 is 4.42 Å². The summed E-state index contributed by atoms with van der Waals surface area (Å²) in [4.78, 5) is 11.3. The fraction of sp³-hybridized carbons (Fsp3) is 0.273. The van der Waals surface area contributed by atoms with Crippen LogP contribution in [0.15, 0.2) is 39.5 Å². The molecule has 0 aliphatic heterocycles. The zero-order valence-electron chi connectivity index (χ0n) is 8.51.